The van der Waals surface area contributed by atoms with Crippen LogP contribution >= 0.6 is 15.9 Å². The number of nitrogens with zero attached hydrogens (tertiary/aromatic N) is 2. The molecule has 4 nitrogen and oxygen atoms in total. The summed E-state index contributed by atoms with van der Waals surface area (Å²) in [6.07, 6.45) is 2.64. The molecular weight excluding hydrogens is 330 g/mol. The van der Waals surface area contributed by atoms with E-state index in [9.17, 15) is 8.78 Å². The Morgan fingerprint density at radius 1 is 1.40 bits per heavy atom. The summed E-state index contributed by atoms with van der Waals surface area (Å²) in [5.74, 6) is -1.13. The molecule has 0 bridgehead atoms. The zero-order chi connectivity index (χ0) is 14.5. The summed E-state index contributed by atoms with van der Waals surface area (Å²) in [5.41, 5.74) is 0.674. The first-order valence-electron chi connectivity index (χ1n) is 6.35. The molecule has 0 saturated heterocycles. The predicted molar refractivity (Wildman–Crippen MR) is 75.2 cm³/mol. The highest BCUT2D eigenvalue weighted by Gasteiger charge is 2.20. The molecule has 1 unspecified atom stereocenters. The van der Waals surface area contributed by atoms with E-state index < -0.39 is 11.6 Å². The molecule has 0 radical (unpaired) electrons. The highest BCUT2D eigenvalue weighted by Crippen LogP contribution is 2.25. The molecule has 7 heteroatoms. The standard InChI is InChI=1S/C13H15BrF2N4/c1-2-5-17-11(12-7-18-20-19-12)6-8-10(15)4-3-9(14)13(8)16/h3-4,7,11,17H,2,5-6H2,1H3,(H,18,19,20). The van der Waals surface area contributed by atoms with Crippen LogP contribution in [0, 0.1) is 11.6 Å². The average Bonchev–Trinajstić information content (AvgIpc) is 2.96. The van der Waals surface area contributed by atoms with Crippen LogP contribution < -0.4 is 5.32 Å². The first kappa shape index (κ1) is 15.1. The van der Waals surface area contributed by atoms with Crippen molar-refractivity contribution in [3.8, 4) is 0 Å². The number of nitrogens with one attached hydrogen (secondary N) is 2. The van der Waals surface area contributed by atoms with Crippen molar-refractivity contribution >= 4 is 15.9 Å². The maximum atomic E-state index is 14.0. The molecule has 2 N–H and O–H groups in total. The van der Waals surface area contributed by atoms with E-state index in [0.717, 1.165) is 13.0 Å². The van der Waals surface area contributed by atoms with Crippen molar-refractivity contribution in [2.75, 3.05) is 6.54 Å². The Bertz CT molecular complexity index is 560. The summed E-state index contributed by atoms with van der Waals surface area (Å²) in [4.78, 5) is 0. The van der Waals surface area contributed by atoms with Crippen LogP contribution in [0.15, 0.2) is 22.8 Å². The number of rotatable bonds is 6. The van der Waals surface area contributed by atoms with Crippen molar-refractivity contribution in [2.45, 2.75) is 25.8 Å². The minimum Gasteiger partial charge on any atom is -0.308 e. The first-order valence-corrected chi connectivity index (χ1v) is 7.14. The van der Waals surface area contributed by atoms with Gasteiger partial charge < -0.3 is 5.32 Å². The van der Waals surface area contributed by atoms with Crippen LogP contribution in [-0.4, -0.2) is 22.0 Å². The zero-order valence-corrected chi connectivity index (χ0v) is 12.5. The van der Waals surface area contributed by atoms with Gasteiger partial charge in [0.1, 0.15) is 11.6 Å². The van der Waals surface area contributed by atoms with Gasteiger partial charge in [-0.15, -0.1) is 0 Å². The van der Waals surface area contributed by atoms with E-state index in [2.05, 4.69) is 36.7 Å². The minimum absolute atomic E-state index is 0.0379. The minimum atomic E-state index is -0.572. The smallest absolute Gasteiger partial charge is 0.143 e. The molecule has 0 fully saturated rings. The van der Waals surface area contributed by atoms with Gasteiger partial charge in [-0.2, -0.15) is 15.4 Å². The molecule has 0 saturated carbocycles. The molecule has 1 aromatic heterocycles. The molecule has 2 rings (SSSR count). The summed E-state index contributed by atoms with van der Waals surface area (Å²) in [6.45, 7) is 2.75. The monoisotopic (exact) mass is 344 g/mol. The van der Waals surface area contributed by atoms with Crippen LogP contribution in [-0.2, 0) is 6.42 Å². The SMILES string of the molecule is CCCNC(Cc1c(F)ccc(Br)c1F)c1cn[nH]n1. The van der Waals surface area contributed by atoms with Crippen molar-refractivity contribution in [1.82, 2.24) is 20.7 Å². The molecule has 1 aromatic carbocycles. The third kappa shape index (κ3) is 3.40. The van der Waals surface area contributed by atoms with Gasteiger partial charge >= 0.3 is 0 Å². The van der Waals surface area contributed by atoms with Gasteiger partial charge in [-0.25, -0.2) is 8.78 Å². The molecule has 2 aromatic rings. The van der Waals surface area contributed by atoms with E-state index in [4.69, 9.17) is 0 Å². The van der Waals surface area contributed by atoms with Crippen molar-refractivity contribution < 1.29 is 8.78 Å². The lowest BCUT2D eigenvalue weighted by atomic mass is 10.0. The van der Waals surface area contributed by atoms with Gasteiger partial charge in [0.2, 0.25) is 0 Å². The van der Waals surface area contributed by atoms with Gasteiger partial charge in [-0.1, -0.05) is 6.92 Å². The topological polar surface area (TPSA) is 53.6 Å². The Morgan fingerprint density at radius 3 is 2.85 bits per heavy atom. The average molecular weight is 345 g/mol. The Kier molecular flexibility index (Phi) is 5.19. The highest BCUT2D eigenvalue weighted by atomic mass is 79.9. The van der Waals surface area contributed by atoms with Crippen LogP contribution in [0.2, 0.25) is 0 Å². The van der Waals surface area contributed by atoms with Crippen molar-refractivity contribution in [3.05, 3.63) is 45.7 Å². The van der Waals surface area contributed by atoms with E-state index in [1.807, 2.05) is 6.92 Å². The first-order chi connectivity index (χ1) is 9.63. The second kappa shape index (κ2) is 6.90. The van der Waals surface area contributed by atoms with E-state index in [1.165, 1.54) is 12.1 Å². The maximum absolute atomic E-state index is 14.0. The molecular formula is C13H15BrF2N4. The molecule has 0 aliphatic rings. The van der Waals surface area contributed by atoms with E-state index in [0.29, 0.717) is 5.69 Å². The lowest BCUT2D eigenvalue weighted by Gasteiger charge is -2.17. The second-order valence-electron chi connectivity index (χ2n) is 4.43. The number of hydrogen-bond acceptors (Lipinski definition) is 3. The Morgan fingerprint density at radius 2 is 2.20 bits per heavy atom. The van der Waals surface area contributed by atoms with Crippen LogP contribution in [0.1, 0.15) is 30.6 Å². The molecule has 0 aliphatic carbocycles. The molecule has 0 aliphatic heterocycles. The number of aromatic amines is 1. The van der Waals surface area contributed by atoms with Crippen molar-refractivity contribution in [3.63, 3.8) is 0 Å². The highest BCUT2D eigenvalue weighted by molar-refractivity contribution is 9.10. The largest absolute Gasteiger partial charge is 0.308 e. The predicted octanol–water partition coefficient (Wildman–Crippen LogP) is 3.13. The fourth-order valence-electron chi connectivity index (χ4n) is 1.94. The van der Waals surface area contributed by atoms with E-state index in [1.54, 1.807) is 6.20 Å². The van der Waals surface area contributed by atoms with E-state index >= 15 is 0 Å². The third-order valence-corrected chi connectivity index (χ3v) is 3.59. The van der Waals surface area contributed by atoms with Gasteiger partial charge in [0.05, 0.1) is 22.4 Å². The second-order valence-corrected chi connectivity index (χ2v) is 5.28. The van der Waals surface area contributed by atoms with Gasteiger partial charge in [-0.3, -0.25) is 0 Å². The summed E-state index contributed by atoms with van der Waals surface area (Å²) in [6, 6.07) is 2.33. The van der Waals surface area contributed by atoms with Gasteiger partial charge in [0, 0.05) is 5.56 Å². The fourth-order valence-corrected chi connectivity index (χ4v) is 2.31. The molecule has 1 heterocycles. The normalized spacial score (nSPS) is 12.6. The Labute approximate surface area is 124 Å². The van der Waals surface area contributed by atoms with Crippen LogP contribution in [0.5, 0.6) is 0 Å². The van der Waals surface area contributed by atoms with Crippen LogP contribution in [0.4, 0.5) is 8.78 Å². The Hall–Kier alpha value is -1.34. The lowest BCUT2D eigenvalue weighted by molar-refractivity contribution is 0.481. The number of benzene rings is 1. The van der Waals surface area contributed by atoms with Crippen molar-refractivity contribution in [2.24, 2.45) is 0 Å². The van der Waals surface area contributed by atoms with Gasteiger partial charge in [-0.05, 0) is 47.4 Å². The summed E-state index contributed by atoms with van der Waals surface area (Å²) in [7, 11) is 0. The van der Waals surface area contributed by atoms with Crippen LogP contribution in [0.25, 0.3) is 0 Å². The number of hydrogen-bond donors (Lipinski definition) is 2. The van der Waals surface area contributed by atoms with Crippen molar-refractivity contribution in [1.29, 1.82) is 0 Å². The lowest BCUT2D eigenvalue weighted by Crippen LogP contribution is -2.25. The van der Waals surface area contributed by atoms with Gasteiger partial charge in [0.15, 0.2) is 0 Å². The summed E-state index contributed by atoms with van der Waals surface area (Å²) >= 11 is 3.08. The molecule has 0 spiro atoms. The molecule has 1 atom stereocenters. The third-order valence-electron chi connectivity index (χ3n) is 2.98. The fraction of sp³-hybridized carbons (Fsp3) is 0.385. The van der Waals surface area contributed by atoms with E-state index in [-0.39, 0.29) is 22.5 Å². The molecule has 0 amide bonds. The zero-order valence-electron chi connectivity index (χ0n) is 11.0. The number of halogens is 3. The molecule has 108 valence electrons. The molecule has 20 heavy (non-hydrogen) atoms. The number of aromatic nitrogens is 3. The maximum Gasteiger partial charge on any atom is 0.143 e. The van der Waals surface area contributed by atoms with Gasteiger partial charge in [0.25, 0.3) is 0 Å². The Balaban J connectivity index is 2.26. The summed E-state index contributed by atoms with van der Waals surface area (Å²) < 4.78 is 28.1. The van der Waals surface area contributed by atoms with Crippen LogP contribution in [0.3, 0.4) is 0 Å². The number of H-pyrrole nitrogens is 1. The summed E-state index contributed by atoms with van der Waals surface area (Å²) in [5, 5.41) is 13.5. The quantitative estimate of drug-likeness (QED) is 0.791.